The number of hydrogen-bond donors (Lipinski definition) is 1. The molecule has 2 rings (SSSR count). The molecule has 0 saturated carbocycles. The standard InChI is InChI=1S/C20H26N2O5/c1-22(12-14-6-9-17(25-3)19(10-14)27-5)13-20(23)21-16-8-7-15(24-2)11-18(16)26-4/h6-11H,12-13H2,1-5H3,(H,21,23). The molecule has 27 heavy (non-hydrogen) atoms. The van der Waals surface area contributed by atoms with E-state index in [-0.39, 0.29) is 12.5 Å². The molecule has 2 aromatic carbocycles. The molecular weight excluding hydrogens is 348 g/mol. The van der Waals surface area contributed by atoms with Gasteiger partial charge in [-0.25, -0.2) is 0 Å². The molecule has 0 radical (unpaired) electrons. The number of methoxy groups -OCH3 is 4. The molecule has 0 aliphatic rings. The van der Waals surface area contributed by atoms with Gasteiger partial charge in [0.2, 0.25) is 5.91 Å². The quantitative estimate of drug-likeness (QED) is 0.728. The van der Waals surface area contributed by atoms with E-state index in [2.05, 4.69) is 5.32 Å². The molecule has 0 aliphatic carbocycles. The summed E-state index contributed by atoms with van der Waals surface area (Å²) in [6, 6.07) is 10.9. The van der Waals surface area contributed by atoms with Gasteiger partial charge in [0, 0.05) is 12.6 Å². The molecule has 1 amide bonds. The first kappa shape index (κ1) is 20.4. The van der Waals surface area contributed by atoms with Crippen LogP contribution in [0.4, 0.5) is 5.69 Å². The lowest BCUT2D eigenvalue weighted by atomic mass is 10.2. The fourth-order valence-corrected chi connectivity index (χ4v) is 2.68. The van der Waals surface area contributed by atoms with E-state index >= 15 is 0 Å². The first-order valence-corrected chi connectivity index (χ1v) is 8.42. The van der Waals surface area contributed by atoms with Crippen molar-refractivity contribution in [2.45, 2.75) is 6.54 Å². The highest BCUT2D eigenvalue weighted by Crippen LogP contribution is 2.29. The summed E-state index contributed by atoms with van der Waals surface area (Å²) in [6.45, 7) is 0.817. The van der Waals surface area contributed by atoms with Gasteiger partial charge >= 0.3 is 0 Å². The number of nitrogens with one attached hydrogen (secondary N) is 1. The molecule has 146 valence electrons. The molecule has 0 unspecified atom stereocenters. The van der Waals surface area contributed by atoms with Gasteiger partial charge in [-0.05, 0) is 36.9 Å². The zero-order valence-electron chi connectivity index (χ0n) is 16.4. The zero-order valence-corrected chi connectivity index (χ0v) is 16.4. The van der Waals surface area contributed by atoms with Gasteiger partial charge in [0.05, 0.1) is 40.7 Å². The van der Waals surface area contributed by atoms with Crippen LogP contribution >= 0.6 is 0 Å². The molecule has 0 fully saturated rings. The van der Waals surface area contributed by atoms with Gasteiger partial charge in [0.25, 0.3) is 0 Å². The van der Waals surface area contributed by atoms with Crippen LogP contribution in [0.3, 0.4) is 0 Å². The zero-order chi connectivity index (χ0) is 19.8. The summed E-state index contributed by atoms with van der Waals surface area (Å²) < 4.78 is 21.0. The van der Waals surface area contributed by atoms with Crippen LogP contribution in [0.1, 0.15) is 5.56 Å². The maximum absolute atomic E-state index is 12.4. The maximum Gasteiger partial charge on any atom is 0.238 e. The summed E-state index contributed by atoms with van der Waals surface area (Å²) in [5.74, 6) is 2.41. The number of ether oxygens (including phenoxy) is 4. The van der Waals surface area contributed by atoms with E-state index in [4.69, 9.17) is 18.9 Å². The third-order valence-corrected chi connectivity index (χ3v) is 4.00. The predicted octanol–water partition coefficient (Wildman–Crippen LogP) is 2.79. The lowest BCUT2D eigenvalue weighted by Gasteiger charge is -2.18. The molecule has 7 nitrogen and oxygen atoms in total. The van der Waals surface area contributed by atoms with Crippen LogP contribution < -0.4 is 24.3 Å². The molecule has 0 spiro atoms. The van der Waals surface area contributed by atoms with Crippen LogP contribution in [0.15, 0.2) is 36.4 Å². The summed E-state index contributed by atoms with van der Waals surface area (Å²) in [7, 11) is 8.20. The Bertz CT molecular complexity index is 779. The lowest BCUT2D eigenvalue weighted by Crippen LogP contribution is -2.30. The van der Waals surface area contributed by atoms with Crippen molar-refractivity contribution in [2.24, 2.45) is 0 Å². The molecule has 7 heteroatoms. The van der Waals surface area contributed by atoms with E-state index in [0.717, 1.165) is 5.56 Å². The Kier molecular flexibility index (Phi) is 7.31. The van der Waals surface area contributed by atoms with Crippen molar-refractivity contribution in [1.29, 1.82) is 0 Å². The molecule has 2 aromatic rings. The summed E-state index contributed by atoms with van der Waals surface area (Å²) in [5, 5.41) is 2.86. The Hall–Kier alpha value is -2.93. The SMILES string of the molecule is COc1ccc(NC(=O)CN(C)Cc2ccc(OC)c(OC)c2)c(OC)c1. The minimum Gasteiger partial charge on any atom is -0.497 e. The van der Waals surface area contributed by atoms with Gasteiger partial charge in [-0.15, -0.1) is 0 Å². The Labute approximate surface area is 159 Å². The monoisotopic (exact) mass is 374 g/mol. The Morgan fingerprint density at radius 2 is 1.59 bits per heavy atom. The molecule has 0 heterocycles. The summed E-state index contributed by atoms with van der Waals surface area (Å²) >= 11 is 0. The van der Waals surface area contributed by atoms with Crippen molar-refractivity contribution < 1.29 is 23.7 Å². The number of anilines is 1. The summed E-state index contributed by atoms with van der Waals surface area (Å²) in [6.07, 6.45) is 0. The Balaban J connectivity index is 1.98. The Morgan fingerprint density at radius 3 is 2.22 bits per heavy atom. The second-order valence-electron chi connectivity index (χ2n) is 5.98. The summed E-state index contributed by atoms with van der Waals surface area (Å²) in [5.41, 5.74) is 1.62. The van der Waals surface area contributed by atoms with E-state index < -0.39 is 0 Å². The largest absolute Gasteiger partial charge is 0.497 e. The van der Waals surface area contributed by atoms with Gasteiger partial charge in [-0.2, -0.15) is 0 Å². The Morgan fingerprint density at radius 1 is 0.889 bits per heavy atom. The number of carbonyl (C=O) groups excluding carboxylic acids is 1. The normalized spacial score (nSPS) is 10.4. The fourth-order valence-electron chi connectivity index (χ4n) is 2.68. The highest BCUT2D eigenvalue weighted by Gasteiger charge is 2.12. The average Bonchev–Trinajstić information content (AvgIpc) is 2.67. The number of carbonyl (C=O) groups is 1. The third-order valence-electron chi connectivity index (χ3n) is 4.00. The highest BCUT2D eigenvalue weighted by molar-refractivity contribution is 5.93. The van der Waals surface area contributed by atoms with Crippen molar-refractivity contribution in [3.8, 4) is 23.0 Å². The second-order valence-corrected chi connectivity index (χ2v) is 5.98. The molecule has 0 bridgehead atoms. The second kappa shape index (κ2) is 9.68. The molecule has 0 aliphatic heterocycles. The van der Waals surface area contributed by atoms with Crippen LogP contribution in [0, 0.1) is 0 Å². The van der Waals surface area contributed by atoms with Crippen molar-refractivity contribution in [3.05, 3.63) is 42.0 Å². The van der Waals surface area contributed by atoms with E-state index in [1.807, 2.05) is 30.1 Å². The van der Waals surface area contributed by atoms with Gasteiger partial charge in [0.1, 0.15) is 11.5 Å². The molecule has 1 N–H and O–H groups in total. The van der Waals surface area contributed by atoms with Crippen molar-refractivity contribution in [2.75, 3.05) is 47.3 Å². The molecular formula is C20H26N2O5. The predicted molar refractivity (Wildman–Crippen MR) is 104 cm³/mol. The van der Waals surface area contributed by atoms with E-state index in [9.17, 15) is 4.79 Å². The number of hydrogen-bond acceptors (Lipinski definition) is 6. The van der Waals surface area contributed by atoms with E-state index in [0.29, 0.717) is 35.2 Å². The van der Waals surface area contributed by atoms with Gasteiger partial charge in [-0.1, -0.05) is 6.07 Å². The minimum atomic E-state index is -0.138. The van der Waals surface area contributed by atoms with Gasteiger partial charge in [0.15, 0.2) is 11.5 Å². The van der Waals surface area contributed by atoms with Crippen molar-refractivity contribution in [1.82, 2.24) is 4.90 Å². The molecule has 0 aromatic heterocycles. The number of rotatable bonds is 9. The number of likely N-dealkylation sites (N-methyl/N-ethyl adjacent to an activating group) is 1. The van der Waals surface area contributed by atoms with Crippen molar-refractivity contribution >= 4 is 11.6 Å². The van der Waals surface area contributed by atoms with Crippen LogP contribution in [0.25, 0.3) is 0 Å². The van der Waals surface area contributed by atoms with Gasteiger partial charge in [-0.3, -0.25) is 9.69 Å². The maximum atomic E-state index is 12.4. The molecule has 0 atom stereocenters. The van der Waals surface area contributed by atoms with Crippen LogP contribution in [0.5, 0.6) is 23.0 Å². The topological polar surface area (TPSA) is 69.3 Å². The first-order valence-electron chi connectivity index (χ1n) is 8.42. The minimum absolute atomic E-state index is 0.138. The van der Waals surface area contributed by atoms with Gasteiger partial charge < -0.3 is 24.3 Å². The van der Waals surface area contributed by atoms with Crippen molar-refractivity contribution in [3.63, 3.8) is 0 Å². The lowest BCUT2D eigenvalue weighted by molar-refractivity contribution is -0.117. The summed E-state index contributed by atoms with van der Waals surface area (Å²) in [4.78, 5) is 14.3. The number of benzene rings is 2. The number of amides is 1. The van der Waals surface area contributed by atoms with Crippen LogP contribution in [-0.4, -0.2) is 52.8 Å². The van der Waals surface area contributed by atoms with E-state index in [1.165, 1.54) is 0 Å². The van der Waals surface area contributed by atoms with Crippen LogP contribution in [-0.2, 0) is 11.3 Å². The molecule has 0 saturated heterocycles. The number of nitrogens with zero attached hydrogens (tertiary/aromatic N) is 1. The third kappa shape index (κ3) is 5.52. The van der Waals surface area contributed by atoms with E-state index in [1.54, 1.807) is 46.6 Å². The smallest absolute Gasteiger partial charge is 0.238 e. The fraction of sp³-hybridized carbons (Fsp3) is 0.350. The first-order chi connectivity index (χ1) is 13.0. The van der Waals surface area contributed by atoms with Crippen LogP contribution in [0.2, 0.25) is 0 Å². The highest BCUT2D eigenvalue weighted by atomic mass is 16.5. The average molecular weight is 374 g/mol.